The number of thiophene rings is 1. The van der Waals surface area contributed by atoms with Crippen molar-refractivity contribution in [3.63, 3.8) is 0 Å². The third-order valence-corrected chi connectivity index (χ3v) is 5.32. The minimum Gasteiger partial charge on any atom is -0.346 e. The number of carbonyl (C=O) groups is 1. The molecule has 5 nitrogen and oxygen atoms in total. The largest absolute Gasteiger partial charge is 0.346 e. The van der Waals surface area contributed by atoms with Crippen LogP contribution in [0, 0.1) is 0 Å². The van der Waals surface area contributed by atoms with E-state index in [0.717, 1.165) is 21.3 Å². The summed E-state index contributed by atoms with van der Waals surface area (Å²) in [6, 6.07) is 15.0. The van der Waals surface area contributed by atoms with Crippen molar-refractivity contribution in [1.29, 1.82) is 0 Å². The average Bonchev–Trinajstić information content (AvgIpc) is 3.11. The van der Waals surface area contributed by atoms with E-state index < -0.39 is 0 Å². The van der Waals surface area contributed by atoms with E-state index in [0.29, 0.717) is 16.8 Å². The summed E-state index contributed by atoms with van der Waals surface area (Å²) >= 11 is 1.35. The Morgan fingerprint density at radius 1 is 1.16 bits per heavy atom. The quantitative estimate of drug-likeness (QED) is 0.618. The van der Waals surface area contributed by atoms with Crippen molar-refractivity contribution in [1.82, 2.24) is 14.9 Å². The molecule has 0 unspecified atom stereocenters. The van der Waals surface area contributed by atoms with Crippen LogP contribution in [0.25, 0.3) is 21.0 Å². The van der Waals surface area contributed by atoms with Gasteiger partial charge in [0.1, 0.15) is 0 Å². The Hall–Kier alpha value is -2.99. The SMILES string of the molecule is Cn1c(=O)c2cc(C(=O)NCc3ccccn3)sc2c2ccccc21. The van der Waals surface area contributed by atoms with E-state index in [9.17, 15) is 9.59 Å². The van der Waals surface area contributed by atoms with Crippen LogP contribution in [0.15, 0.2) is 59.5 Å². The monoisotopic (exact) mass is 349 g/mol. The maximum Gasteiger partial charge on any atom is 0.261 e. The number of rotatable bonds is 3. The molecule has 0 radical (unpaired) electrons. The van der Waals surface area contributed by atoms with Gasteiger partial charge in [-0.3, -0.25) is 14.6 Å². The number of hydrogen-bond donors (Lipinski definition) is 1. The summed E-state index contributed by atoms with van der Waals surface area (Å²) in [6.07, 6.45) is 1.69. The zero-order chi connectivity index (χ0) is 17.4. The predicted molar refractivity (Wildman–Crippen MR) is 100.0 cm³/mol. The predicted octanol–water partition coefficient (Wildman–Crippen LogP) is 3.08. The molecule has 3 aromatic heterocycles. The number of aryl methyl sites for hydroxylation is 1. The number of carbonyl (C=O) groups excluding carboxylic acids is 1. The van der Waals surface area contributed by atoms with Gasteiger partial charge in [-0.05, 0) is 24.3 Å². The summed E-state index contributed by atoms with van der Waals surface area (Å²) in [5.41, 5.74) is 1.56. The summed E-state index contributed by atoms with van der Waals surface area (Å²) in [7, 11) is 1.75. The van der Waals surface area contributed by atoms with Crippen molar-refractivity contribution < 1.29 is 4.79 Å². The van der Waals surface area contributed by atoms with Crippen molar-refractivity contribution in [2.45, 2.75) is 6.54 Å². The number of hydrogen-bond acceptors (Lipinski definition) is 4. The molecule has 3 heterocycles. The number of benzene rings is 1. The minimum atomic E-state index is -0.196. The standard InChI is InChI=1S/C19H15N3O2S/c1-22-15-8-3-2-7-13(15)17-14(19(22)24)10-16(25-17)18(23)21-11-12-6-4-5-9-20-12/h2-10H,11H2,1H3,(H,21,23). The summed E-state index contributed by atoms with van der Waals surface area (Å²) in [6.45, 7) is 0.354. The molecule has 0 bridgehead atoms. The van der Waals surface area contributed by atoms with Crippen LogP contribution < -0.4 is 10.9 Å². The first-order valence-corrected chi connectivity index (χ1v) is 8.66. The van der Waals surface area contributed by atoms with Crippen LogP contribution in [-0.2, 0) is 13.6 Å². The lowest BCUT2D eigenvalue weighted by atomic mass is 10.2. The Kier molecular flexibility index (Phi) is 3.82. The lowest BCUT2D eigenvalue weighted by Crippen LogP contribution is -2.22. The molecule has 1 N–H and O–H groups in total. The minimum absolute atomic E-state index is 0.0891. The van der Waals surface area contributed by atoms with Gasteiger partial charge in [0, 0.05) is 23.3 Å². The fraction of sp³-hybridized carbons (Fsp3) is 0.105. The van der Waals surface area contributed by atoms with Gasteiger partial charge in [0.25, 0.3) is 11.5 Å². The summed E-state index contributed by atoms with van der Waals surface area (Å²) in [5, 5.41) is 4.42. The maximum absolute atomic E-state index is 12.6. The molecule has 4 aromatic rings. The molecule has 25 heavy (non-hydrogen) atoms. The summed E-state index contributed by atoms with van der Waals surface area (Å²) < 4.78 is 2.47. The fourth-order valence-electron chi connectivity index (χ4n) is 2.87. The molecule has 1 aromatic carbocycles. The van der Waals surface area contributed by atoms with Crippen LogP contribution >= 0.6 is 11.3 Å². The smallest absolute Gasteiger partial charge is 0.261 e. The van der Waals surface area contributed by atoms with Gasteiger partial charge in [0.05, 0.1) is 28.0 Å². The van der Waals surface area contributed by atoms with Crippen LogP contribution in [0.4, 0.5) is 0 Å². The average molecular weight is 349 g/mol. The van der Waals surface area contributed by atoms with Crippen molar-refractivity contribution in [2.75, 3.05) is 0 Å². The molecule has 0 aliphatic rings. The molecule has 124 valence electrons. The van der Waals surface area contributed by atoms with E-state index in [2.05, 4.69) is 10.3 Å². The van der Waals surface area contributed by atoms with Crippen LogP contribution in [0.1, 0.15) is 15.4 Å². The number of fused-ring (bicyclic) bond motifs is 3. The fourth-order valence-corrected chi connectivity index (χ4v) is 3.97. The second-order valence-corrected chi connectivity index (χ2v) is 6.79. The Balaban J connectivity index is 1.74. The highest BCUT2D eigenvalue weighted by Crippen LogP contribution is 2.30. The van der Waals surface area contributed by atoms with E-state index in [4.69, 9.17) is 0 Å². The van der Waals surface area contributed by atoms with Crippen LogP contribution in [-0.4, -0.2) is 15.5 Å². The van der Waals surface area contributed by atoms with Crippen molar-refractivity contribution in [2.24, 2.45) is 7.05 Å². The molecular formula is C19H15N3O2S. The van der Waals surface area contributed by atoms with Gasteiger partial charge in [0.15, 0.2) is 0 Å². The van der Waals surface area contributed by atoms with Gasteiger partial charge in [0.2, 0.25) is 0 Å². The third-order valence-electron chi connectivity index (χ3n) is 4.16. The Morgan fingerprint density at radius 2 is 1.96 bits per heavy atom. The third kappa shape index (κ3) is 2.70. The molecule has 0 saturated carbocycles. The molecular weight excluding hydrogens is 334 g/mol. The zero-order valence-electron chi connectivity index (χ0n) is 13.5. The number of pyridine rings is 2. The van der Waals surface area contributed by atoms with Gasteiger partial charge in [-0.15, -0.1) is 11.3 Å². The molecule has 0 aliphatic carbocycles. The molecule has 6 heteroatoms. The van der Waals surface area contributed by atoms with E-state index in [1.165, 1.54) is 11.3 Å². The lowest BCUT2D eigenvalue weighted by molar-refractivity contribution is 0.0954. The van der Waals surface area contributed by atoms with Crippen LogP contribution in [0.5, 0.6) is 0 Å². The van der Waals surface area contributed by atoms with Crippen molar-refractivity contribution in [3.05, 3.63) is 75.7 Å². The van der Waals surface area contributed by atoms with E-state index in [1.54, 1.807) is 23.9 Å². The van der Waals surface area contributed by atoms with Crippen molar-refractivity contribution in [3.8, 4) is 0 Å². The number of nitrogens with one attached hydrogen (secondary N) is 1. The van der Waals surface area contributed by atoms with Crippen LogP contribution in [0.3, 0.4) is 0 Å². The van der Waals surface area contributed by atoms with E-state index >= 15 is 0 Å². The second kappa shape index (κ2) is 6.14. The highest BCUT2D eigenvalue weighted by atomic mass is 32.1. The van der Waals surface area contributed by atoms with Gasteiger partial charge in [-0.25, -0.2) is 0 Å². The van der Waals surface area contributed by atoms with Gasteiger partial charge >= 0.3 is 0 Å². The van der Waals surface area contributed by atoms with E-state index in [1.807, 2.05) is 42.5 Å². The number of amides is 1. The molecule has 0 saturated heterocycles. The first-order valence-electron chi connectivity index (χ1n) is 7.84. The Morgan fingerprint density at radius 3 is 2.76 bits per heavy atom. The highest BCUT2D eigenvalue weighted by molar-refractivity contribution is 7.21. The molecule has 0 atom stereocenters. The zero-order valence-corrected chi connectivity index (χ0v) is 14.3. The highest BCUT2D eigenvalue weighted by Gasteiger charge is 2.16. The maximum atomic E-state index is 12.6. The van der Waals surface area contributed by atoms with E-state index in [-0.39, 0.29) is 11.5 Å². The normalized spacial score (nSPS) is 11.1. The first kappa shape index (κ1) is 15.5. The summed E-state index contributed by atoms with van der Waals surface area (Å²) in [4.78, 5) is 29.8. The molecule has 0 fully saturated rings. The number of nitrogens with zero attached hydrogens (tertiary/aromatic N) is 2. The number of para-hydroxylation sites is 1. The Bertz CT molecular complexity index is 1150. The lowest BCUT2D eigenvalue weighted by Gasteiger charge is -2.05. The molecule has 0 spiro atoms. The van der Waals surface area contributed by atoms with Gasteiger partial charge < -0.3 is 9.88 Å². The summed E-state index contributed by atoms with van der Waals surface area (Å²) in [5.74, 6) is -0.196. The van der Waals surface area contributed by atoms with Gasteiger partial charge in [-0.1, -0.05) is 24.3 Å². The molecule has 4 rings (SSSR count). The number of aromatic nitrogens is 2. The first-order chi connectivity index (χ1) is 12.1. The molecule has 1 amide bonds. The second-order valence-electron chi connectivity index (χ2n) is 5.74. The topological polar surface area (TPSA) is 64.0 Å². The van der Waals surface area contributed by atoms with Gasteiger partial charge in [-0.2, -0.15) is 0 Å². The molecule has 0 aliphatic heterocycles. The van der Waals surface area contributed by atoms with Crippen LogP contribution in [0.2, 0.25) is 0 Å². The Labute approximate surface area is 147 Å². The van der Waals surface area contributed by atoms with Crippen molar-refractivity contribution >= 4 is 38.2 Å².